The number of ketones is 1. The van der Waals surface area contributed by atoms with Crippen LogP contribution in [0.2, 0.25) is 0 Å². The molecule has 0 bridgehead atoms. The zero-order valence-electron chi connectivity index (χ0n) is 10.8. The number of ether oxygens (including phenoxy) is 1. The van der Waals surface area contributed by atoms with Gasteiger partial charge in [0.25, 0.3) is 0 Å². The van der Waals surface area contributed by atoms with Crippen LogP contribution in [0.3, 0.4) is 0 Å². The van der Waals surface area contributed by atoms with E-state index in [4.69, 9.17) is 0 Å². The van der Waals surface area contributed by atoms with Gasteiger partial charge >= 0.3 is 17.9 Å². The smallest absolute Gasteiger partial charge is 0.421 e. The Labute approximate surface area is 104 Å². The van der Waals surface area contributed by atoms with E-state index in [1.54, 1.807) is 20.8 Å². The van der Waals surface area contributed by atoms with Gasteiger partial charge in [0.15, 0.2) is 0 Å². The van der Waals surface area contributed by atoms with Crippen molar-refractivity contribution in [3.63, 3.8) is 0 Å². The van der Waals surface area contributed by atoms with Gasteiger partial charge in [-0.1, -0.05) is 0 Å². The minimum atomic E-state index is -1.32. The summed E-state index contributed by atoms with van der Waals surface area (Å²) in [6.07, 6.45) is -0.601. The number of Topliss-reactive ketones (excluding diaryl/α,β-unsaturated/α-hetero) is 1. The predicted octanol–water partition coefficient (Wildman–Crippen LogP) is 0.556. The molecule has 7 nitrogen and oxygen atoms in total. The molecule has 0 N–H and O–H groups in total. The predicted molar refractivity (Wildman–Crippen MR) is 57.9 cm³/mol. The van der Waals surface area contributed by atoms with E-state index in [0.29, 0.717) is 0 Å². The van der Waals surface area contributed by atoms with Crippen molar-refractivity contribution in [2.45, 2.75) is 33.6 Å². The average molecular weight is 260 g/mol. The van der Waals surface area contributed by atoms with Gasteiger partial charge in [-0.2, -0.15) is 0 Å². The fourth-order valence-corrected chi connectivity index (χ4v) is 0.667. The number of esters is 1. The van der Waals surface area contributed by atoms with Crippen LogP contribution in [0.25, 0.3) is 0 Å². The Morgan fingerprint density at radius 3 is 1.94 bits per heavy atom. The van der Waals surface area contributed by atoms with Crippen LogP contribution in [0, 0.1) is 5.41 Å². The molecule has 0 aliphatic carbocycles. The maximum atomic E-state index is 11.2. The highest BCUT2D eigenvalue weighted by molar-refractivity contribution is 6.33. The highest BCUT2D eigenvalue weighted by atomic mass is 17.2. The molecular weight excluding hydrogens is 244 g/mol. The van der Waals surface area contributed by atoms with Gasteiger partial charge in [0, 0.05) is 6.42 Å². The minimum Gasteiger partial charge on any atom is -0.469 e. The zero-order chi connectivity index (χ0) is 14.3. The summed E-state index contributed by atoms with van der Waals surface area (Å²) in [6, 6.07) is 0. The van der Waals surface area contributed by atoms with Crippen molar-refractivity contribution in [1.82, 2.24) is 0 Å². The van der Waals surface area contributed by atoms with Crippen molar-refractivity contribution in [1.29, 1.82) is 0 Å². The fraction of sp³-hybridized carbons (Fsp3) is 0.636. The minimum absolute atomic E-state index is 0.238. The topological polar surface area (TPSA) is 96.0 Å². The second-order valence-electron chi connectivity index (χ2n) is 4.49. The van der Waals surface area contributed by atoms with Crippen LogP contribution in [-0.4, -0.2) is 30.8 Å². The van der Waals surface area contributed by atoms with Gasteiger partial charge in [-0.25, -0.2) is 19.4 Å². The third kappa shape index (κ3) is 5.97. The first-order valence-corrected chi connectivity index (χ1v) is 5.21. The van der Waals surface area contributed by atoms with E-state index in [-0.39, 0.29) is 12.8 Å². The molecule has 18 heavy (non-hydrogen) atoms. The molecule has 0 radical (unpaired) electrons. The van der Waals surface area contributed by atoms with Gasteiger partial charge in [-0.05, 0) is 20.8 Å². The van der Waals surface area contributed by atoms with Crippen LogP contribution >= 0.6 is 0 Å². The van der Waals surface area contributed by atoms with E-state index in [2.05, 4.69) is 14.5 Å². The normalized spacial score (nSPS) is 10.4. The summed E-state index contributed by atoms with van der Waals surface area (Å²) in [5.41, 5.74) is -0.852. The van der Waals surface area contributed by atoms with Gasteiger partial charge < -0.3 is 4.74 Å². The number of rotatable bonds is 4. The maximum Gasteiger partial charge on any atom is 0.421 e. The highest BCUT2D eigenvalue weighted by Crippen LogP contribution is 2.15. The van der Waals surface area contributed by atoms with Gasteiger partial charge in [0.05, 0.1) is 18.9 Å². The van der Waals surface area contributed by atoms with Gasteiger partial charge in [0.2, 0.25) is 5.78 Å². The Hall–Kier alpha value is -1.92. The molecule has 0 aromatic heterocycles. The number of carbonyl (C=O) groups is 4. The molecule has 0 rings (SSSR count). The van der Waals surface area contributed by atoms with Crippen LogP contribution in [0.5, 0.6) is 0 Å². The van der Waals surface area contributed by atoms with Crippen molar-refractivity contribution in [3.05, 3.63) is 0 Å². The van der Waals surface area contributed by atoms with Gasteiger partial charge in [0.1, 0.15) is 0 Å². The van der Waals surface area contributed by atoms with Crippen LogP contribution in [0.15, 0.2) is 0 Å². The summed E-state index contributed by atoms with van der Waals surface area (Å²) >= 11 is 0. The molecule has 0 aliphatic rings. The SMILES string of the molecule is COC(=O)CCC(=O)C(=O)OOC(=O)C(C)(C)C. The Morgan fingerprint density at radius 1 is 0.944 bits per heavy atom. The molecule has 0 atom stereocenters. The van der Waals surface area contributed by atoms with Crippen molar-refractivity contribution >= 4 is 23.7 Å². The summed E-state index contributed by atoms with van der Waals surface area (Å²) in [4.78, 5) is 52.4. The molecule has 0 amide bonds. The summed E-state index contributed by atoms with van der Waals surface area (Å²) in [7, 11) is 1.16. The number of carbonyl (C=O) groups excluding carboxylic acids is 4. The molecule has 0 aliphatic heterocycles. The summed E-state index contributed by atoms with van der Waals surface area (Å²) in [5.74, 6) is -3.70. The Kier molecular flexibility index (Phi) is 6.01. The second kappa shape index (κ2) is 6.73. The molecule has 0 aromatic carbocycles. The number of hydrogen-bond donors (Lipinski definition) is 0. The molecule has 0 spiro atoms. The van der Waals surface area contributed by atoms with E-state index in [9.17, 15) is 19.2 Å². The zero-order valence-corrected chi connectivity index (χ0v) is 10.8. The molecule has 0 heterocycles. The lowest BCUT2D eigenvalue weighted by Crippen LogP contribution is -2.27. The van der Waals surface area contributed by atoms with E-state index in [1.165, 1.54) is 0 Å². The average Bonchev–Trinajstić information content (AvgIpc) is 2.30. The molecule has 0 aromatic rings. The van der Waals surface area contributed by atoms with Crippen LogP contribution < -0.4 is 0 Å². The van der Waals surface area contributed by atoms with E-state index >= 15 is 0 Å². The quantitative estimate of drug-likeness (QED) is 0.315. The van der Waals surface area contributed by atoms with Crippen LogP contribution in [-0.2, 0) is 33.7 Å². The lowest BCUT2D eigenvalue weighted by Gasteiger charge is -2.13. The van der Waals surface area contributed by atoms with E-state index < -0.39 is 29.1 Å². The summed E-state index contributed by atoms with van der Waals surface area (Å²) < 4.78 is 4.29. The lowest BCUT2D eigenvalue weighted by atomic mass is 9.98. The monoisotopic (exact) mass is 260 g/mol. The Morgan fingerprint density at radius 2 is 1.50 bits per heavy atom. The van der Waals surface area contributed by atoms with E-state index in [1.807, 2.05) is 0 Å². The van der Waals surface area contributed by atoms with Crippen LogP contribution in [0.4, 0.5) is 0 Å². The third-order valence-corrected chi connectivity index (χ3v) is 1.82. The molecule has 0 unspecified atom stereocenters. The molecule has 102 valence electrons. The van der Waals surface area contributed by atoms with E-state index in [0.717, 1.165) is 7.11 Å². The summed E-state index contributed by atoms with van der Waals surface area (Å²) in [5, 5.41) is 0. The molecule has 0 saturated heterocycles. The largest absolute Gasteiger partial charge is 0.469 e. The van der Waals surface area contributed by atoms with Gasteiger partial charge in [-0.15, -0.1) is 0 Å². The molecule has 0 saturated carbocycles. The maximum absolute atomic E-state index is 11.2. The molecule has 7 heteroatoms. The number of methoxy groups -OCH3 is 1. The third-order valence-electron chi connectivity index (χ3n) is 1.82. The Balaban J connectivity index is 4.07. The molecular formula is C11H16O7. The fourth-order valence-electron chi connectivity index (χ4n) is 0.667. The van der Waals surface area contributed by atoms with Crippen LogP contribution in [0.1, 0.15) is 33.6 Å². The first-order valence-electron chi connectivity index (χ1n) is 5.21. The summed E-state index contributed by atoms with van der Waals surface area (Å²) in [6.45, 7) is 4.67. The van der Waals surface area contributed by atoms with Crippen molar-refractivity contribution in [2.24, 2.45) is 5.41 Å². The second-order valence-corrected chi connectivity index (χ2v) is 4.49. The Bertz CT molecular complexity index is 351. The van der Waals surface area contributed by atoms with Crippen molar-refractivity contribution in [3.8, 4) is 0 Å². The standard InChI is InChI=1S/C11H16O7/c1-11(2,3)10(15)18-17-9(14)7(12)5-6-8(13)16-4/h5-6H2,1-4H3. The molecule has 0 fully saturated rings. The van der Waals surface area contributed by atoms with Crippen molar-refractivity contribution < 1.29 is 33.7 Å². The van der Waals surface area contributed by atoms with Crippen molar-refractivity contribution in [2.75, 3.05) is 7.11 Å². The first-order chi connectivity index (χ1) is 8.18. The number of hydrogen-bond acceptors (Lipinski definition) is 7. The van der Waals surface area contributed by atoms with Gasteiger partial charge in [-0.3, -0.25) is 9.59 Å². The highest BCUT2D eigenvalue weighted by Gasteiger charge is 2.27. The lowest BCUT2D eigenvalue weighted by molar-refractivity contribution is -0.262. The first kappa shape index (κ1) is 16.1.